The van der Waals surface area contributed by atoms with Gasteiger partial charge in [-0.25, -0.2) is 4.90 Å². The summed E-state index contributed by atoms with van der Waals surface area (Å²) in [6, 6.07) is 23.0. The lowest BCUT2D eigenvalue weighted by Crippen LogP contribution is -2.41. The van der Waals surface area contributed by atoms with Crippen molar-refractivity contribution in [2.45, 2.75) is 26.4 Å². The smallest absolute Gasteiger partial charge is 0.298 e. The molecule has 4 atom stereocenters. The minimum atomic E-state index is -4.63. The molecule has 1 saturated carbocycles. The number of allylic oxidation sites excluding steroid dienone is 2. The number of Topliss-reactive ketones (excluding diaryl/α,β-unsaturated/α-hetero) is 1. The third-order valence-corrected chi connectivity index (χ3v) is 8.67. The second-order valence-electron chi connectivity index (χ2n) is 10.4. The lowest BCUT2D eigenvalue weighted by atomic mass is 9.62. The third-order valence-electron chi connectivity index (χ3n) is 8.67. The monoisotopic (exact) mass is 515 g/mol. The summed E-state index contributed by atoms with van der Waals surface area (Å²) in [5, 5.41) is 0. The normalized spacial score (nSPS) is 28.4. The molecule has 2 amide bonds. The maximum absolute atomic E-state index is 14.4. The zero-order valence-corrected chi connectivity index (χ0v) is 20.8. The van der Waals surface area contributed by atoms with Crippen molar-refractivity contribution < 1.29 is 27.6 Å². The van der Waals surface area contributed by atoms with Crippen molar-refractivity contribution in [3.05, 3.63) is 102 Å². The van der Waals surface area contributed by atoms with Crippen molar-refractivity contribution >= 4 is 34.4 Å². The summed E-state index contributed by atoms with van der Waals surface area (Å²) >= 11 is 0. The van der Waals surface area contributed by atoms with Crippen LogP contribution in [0.4, 0.5) is 18.9 Å². The summed E-state index contributed by atoms with van der Waals surface area (Å²) in [7, 11) is 0. The Bertz CT molecular complexity index is 1530. The predicted molar refractivity (Wildman–Crippen MR) is 136 cm³/mol. The van der Waals surface area contributed by atoms with E-state index in [2.05, 4.69) is 0 Å². The highest BCUT2D eigenvalue weighted by Crippen LogP contribution is 2.74. The molecule has 0 unspecified atom stereocenters. The van der Waals surface area contributed by atoms with Gasteiger partial charge in [0.05, 0.1) is 33.9 Å². The Labute approximate surface area is 217 Å². The van der Waals surface area contributed by atoms with Crippen molar-refractivity contribution in [2.75, 3.05) is 4.90 Å². The maximum Gasteiger partial charge on any atom is 0.416 e. The molecule has 0 spiro atoms. The number of amides is 2. The minimum Gasteiger partial charge on any atom is -0.298 e. The first kappa shape index (κ1) is 24.3. The maximum atomic E-state index is 14.4. The quantitative estimate of drug-likeness (QED) is 0.377. The first-order valence-corrected chi connectivity index (χ1v) is 12.5. The molecule has 6 rings (SSSR count). The van der Waals surface area contributed by atoms with Gasteiger partial charge in [-0.05, 0) is 53.8 Å². The zero-order chi connectivity index (χ0) is 27.0. The predicted octanol–water partition coefficient (Wildman–Crippen LogP) is 6.42. The lowest BCUT2D eigenvalue weighted by molar-refractivity contribution is -0.137. The highest BCUT2D eigenvalue weighted by atomic mass is 19.4. The van der Waals surface area contributed by atoms with Crippen molar-refractivity contribution in [1.29, 1.82) is 0 Å². The number of anilines is 1. The van der Waals surface area contributed by atoms with E-state index in [9.17, 15) is 27.6 Å². The number of rotatable bonds is 4. The third kappa shape index (κ3) is 2.90. The van der Waals surface area contributed by atoms with Gasteiger partial charge in [0.25, 0.3) is 0 Å². The van der Waals surface area contributed by atoms with Gasteiger partial charge in [-0.2, -0.15) is 13.2 Å². The number of carbonyl (C=O) groups excluding carboxylic acids is 3. The molecule has 2 fully saturated rings. The van der Waals surface area contributed by atoms with Crippen LogP contribution in [0.25, 0.3) is 11.1 Å². The van der Waals surface area contributed by atoms with Crippen molar-refractivity contribution in [1.82, 2.24) is 0 Å². The molecule has 2 aliphatic carbocycles. The van der Waals surface area contributed by atoms with Crippen molar-refractivity contribution in [3.8, 4) is 0 Å². The Morgan fingerprint density at radius 2 is 1.32 bits per heavy atom. The fraction of sp³-hybridized carbons (Fsp3) is 0.258. The number of benzene rings is 3. The van der Waals surface area contributed by atoms with E-state index in [1.54, 1.807) is 6.92 Å². The molecule has 3 aromatic carbocycles. The van der Waals surface area contributed by atoms with E-state index in [-0.39, 0.29) is 17.9 Å². The summed E-state index contributed by atoms with van der Waals surface area (Å²) < 4.78 is 40.4. The van der Waals surface area contributed by atoms with Crippen LogP contribution >= 0.6 is 0 Å². The molecule has 0 aromatic heterocycles. The number of ketones is 1. The highest BCUT2D eigenvalue weighted by molar-refractivity contribution is 6.34. The van der Waals surface area contributed by atoms with E-state index < -0.39 is 46.2 Å². The number of alkyl halides is 3. The second kappa shape index (κ2) is 8.00. The van der Waals surface area contributed by atoms with E-state index in [1.165, 1.54) is 12.1 Å². The van der Waals surface area contributed by atoms with Gasteiger partial charge in [0.15, 0.2) is 5.78 Å². The molecule has 3 aliphatic rings. The molecule has 1 aliphatic heterocycles. The van der Waals surface area contributed by atoms with Gasteiger partial charge in [-0.3, -0.25) is 14.4 Å². The van der Waals surface area contributed by atoms with Crippen LogP contribution in [0.5, 0.6) is 0 Å². The van der Waals surface area contributed by atoms with Gasteiger partial charge in [-0.15, -0.1) is 0 Å². The van der Waals surface area contributed by atoms with Crippen molar-refractivity contribution in [2.24, 2.45) is 22.7 Å². The standard InChI is InChI=1S/C31H24F3NO3/c1-3-30-23(19-13-8-5-9-14-19)22(18-11-6-4-7-12-18)29(2,28(30)38)24-25(30)27(37)35(26(24)36)21-16-10-15-20(17-21)31(32,33)34/h4-17,24-25H,3H2,1-2H3/t24-,25-,29-,30+/m0/s1. The molecule has 2 bridgehead atoms. The van der Waals surface area contributed by atoms with Crippen LogP contribution in [0.3, 0.4) is 0 Å². The van der Waals surface area contributed by atoms with Crippen LogP contribution in [0.2, 0.25) is 0 Å². The van der Waals surface area contributed by atoms with Gasteiger partial charge < -0.3 is 0 Å². The Hall–Kier alpha value is -4.00. The molecule has 3 aromatic rings. The fourth-order valence-electron chi connectivity index (χ4n) is 7.20. The number of halogens is 3. The van der Waals surface area contributed by atoms with Crippen LogP contribution in [0.15, 0.2) is 84.9 Å². The number of carbonyl (C=O) groups is 3. The topological polar surface area (TPSA) is 54.5 Å². The molecule has 7 heteroatoms. The number of imide groups is 1. The number of hydrogen-bond acceptors (Lipinski definition) is 3. The van der Waals surface area contributed by atoms with Gasteiger partial charge in [0, 0.05) is 0 Å². The molecule has 192 valence electrons. The largest absolute Gasteiger partial charge is 0.416 e. The Kier molecular flexibility index (Phi) is 5.12. The van der Waals surface area contributed by atoms with Gasteiger partial charge in [0.2, 0.25) is 11.8 Å². The molecule has 0 N–H and O–H groups in total. The highest BCUT2D eigenvalue weighted by Gasteiger charge is 2.79. The van der Waals surface area contributed by atoms with Crippen LogP contribution in [-0.2, 0) is 20.6 Å². The molecule has 4 nitrogen and oxygen atoms in total. The summed E-state index contributed by atoms with van der Waals surface area (Å²) in [4.78, 5) is 43.4. The first-order valence-electron chi connectivity index (χ1n) is 12.5. The van der Waals surface area contributed by atoms with Crippen molar-refractivity contribution in [3.63, 3.8) is 0 Å². The number of nitrogens with zero attached hydrogens (tertiary/aromatic N) is 1. The second-order valence-corrected chi connectivity index (χ2v) is 10.4. The molecule has 38 heavy (non-hydrogen) atoms. The minimum absolute atomic E-state index is 0.131. The van der Waals surface area contributed by atoms with Crippen LogP contribution in [0.1, 0.15) is 37.0 Å². The summed E-state index contributed by atoms with van der Waals surface area (Å²) in [5.41, 5.74) is -0.664. The molecule has 0 radical (unpaired) electrons. The molecular weight excluding hydrogens is 491 g/mol. The summed E-state index contributed by atoms with van der Waals surface area (Å²) in [6.07, 6.45) is -4.36. The van der Waals surface area contributed by atoms with E-state index in [0.29, 0.717) is 5.57 Å². The van der Waals surface area contributed by atoms with Gasteiger partial charge in [0.1, 0.15) is 0 Å². The van der Waals surface area contributed by atoms with Crippen LogP contribution in [-0.4, -0.2) is 17.6 Å². The summed E-state index contributed by atoms with van der Waals surface area (Å²) in [6.45, 7) is 3.56. The van der Waals surface area contributed by atoms with Gasteiger partial charge in [-0.1, -0.05) is 73.7 Å². The zero-order valence-electron chi connectivity index (χ0n) is 20.8. The SMILES string of the molecule is CC[C@@]12C(=O)[C@@](C)(C(c3ccccc3)=C1c1ccccc1)[C@@H]1C(=O)N(c3cccc(C(F)(F)F)c3)C(=O)[C@H]12. The van der Waals surface area contributed by atoms with Crippen LogP contribution in [0, 0.1) is 22.7 Å². The summed E-state index contributed by atoms with van der Waals surface area (Å²) in [5.74, 6) is -3.45. The van der Waals surface area contributed by atoms with Gasteiger partial charge >= 0.3 is 6.18 Å². The van der Waals surface area contributed by atoms with E-state index >= 15 is 0 Å². The number of fused-ring (bicyclic) bond motifs is 5. The fourth-order valence-corrected chi connectivity index (χ4v) is 7.20. The van der Waals surface area contributed by atoms with E-state index in [0.717, 1.165) is 33.7 Å². The molecular formula is C31H24F3NO3. The van der Waals surface area contributed by atoms with Crippen LogP contribution < -0.4 is 4.90 Å². The average molecular weight is 516 g/mol. The average Bonchev–Trinajstić information content (AvgIpc) is 3.39. The molecule has 1 saturated heterocycles. The van der Waals surface area contributed by atoms with E-state index in [4.69, 9.17) is 0 Å². The first-order chi connectivity index (χ1) is 18.1. The number of hydrogen-bond donors (Lipinski definition) is 0. The molecule has 1 heterocycles. The van der Waals surface area contributed by atoms with E-state index in [1.807, 2.05) is 67.6 Å². The Morgan fingerprint density at radius 3 is 1.87 bits per heavy atom. The lowest BCUT2D eigenvalue weighted by Gasteiger charge is -2.37. The Balaban J connectivity index is 1.60. The Morgan fingerprint density at radius 1 is 0.763 bits per heavy atom.